The summed E-state index contributed by atoms with van der Waals surface area (Å²) in [4.78, 5) is 0. The molecule has 0 saturated heterocycles. The molecule has 0 amide bonds. The van der Waals surface area contributed by atoms with Crippen LogP contribution in [0.15, 0.2) is 12.7 Å². The van der Waals surface area contributed by atoms with E-state index in [1.807, 2.05) is 27.7 Å². The summed E-state index contributed by atoms with van der Waals surface area (Å²) in [6.07, 6.45) is 2.63. The van der Waals surface area contributed by atoms with Crippen molar-refractivity contribution in [2.24, 2.45) is 0 Å². The van der Waals surface area contributed by atoms with Gasteiger partial charge < -0.3 is 13.3 Å². The molecule has 0 fully saturated rings. The van der Waals surface area contributed by atoms with Gasteiger partial charge in [0.1, 0.15) is 0 Å². The zero-order chi connectivity index (χ0) is 13.6. The van der Waals surface area contributed by atoms with E-state index in [0.717, 1.165) is 12.5 Å². The van der Waals surface area contributed by atoms with E-state index in [-0.39, 0.29) is 0 Å². The maximum absolute atomic E-state index is 5.66. The zero-order valence-corrected chi connectivity index (χ0v) is 13.4. The van der Waals surface area contributed by atoms with Crippen LogP contribution in [-0.4, -0.2) is 34.5 Å². The molecule has 0 atom stereocenters. The first-order valence-corrected chi connectivity index (χ1v) is 8.67. The molecule has 0 spiro atoms. The fourth-order valence-corrected chi connectivity index (χ4v) is 4.25. The summed E-state index contributed by atoms with van der Waals surface area (Å²) in [5, 5.41) is 0. The van der Waals surface area contributed by atoms with Gasteiger partial charge in [0, 0.05) is 31.7 Å². The Morgan fingerprint density at radius 2 is 1.41 bits per heavy atom. The first-order valence-electron chi connectivity index (χ1n) is 6.21. The lowest BCUT2D eigenvalue weighted by atomic mass is 10.6. The average Bonchev–Trinajstić information content (AvgIpc) is 2.29. The molecular weight excluding hydrogens is 256 g/mol. The van der Waals surface area contributed by atoms with Crippen LogP contribution >= 0.6 is 11.6 Å². The van der Waals surface area contributed by atoms with Crippen LogP contribution in [-0.2, 0) is 13.3 Å². The molecule has 0 aliphatic rings. The number of rotatable bonds is 9. The van der Waals surface area contributed by atoms with Gasteiger partial charge in [0.2, 0.25) is 0 Å². The lowest BCUT2D eigenvalue weighted by Gasteiger charge is -2.28. The molecule has 0 heterocycles. The van der Waals surface area contributed by atoms with E-state index in [1.54, 1.807) is 6.08 Å². The van der Waals surface area contributed by atoms with Gasteiger partial charge in [-0.25, -0.2) is 0 Å². The minimum absolute atomic E-state index is 0.627. The minimum Gasteiger partial charge on any atom is -0.374 e. The van der Waals surface area contributed by atoms with Gasteiger partial charge in [0.25, 0.3) is 0 Å². The molecule has 0 saturated carbocycles. The molecule has 104 valence electrons. The van der Waals surface area contributed by atoms with Gasteiger partial charge in [-0.15, -0.1) is 18.2 Å². The predicted octanol–water partition coefficient (Wildman–Crippen LogP) is 3.86. The van der Waals surface area contributed by atoms with Crippen LogP contribution in [0.1, 0.15) is 34.1 Å². The highest BCUT2D eigenvalue weighted by Gasteiger charge is 2.39. The van der Waals surface area contributed by atoms with Gasteiger partial charge in [-0.05, 0) is 34.1 Å². The van der Waals surface area contributed by atoms with Crippen molar-refractivity contribution >= 4 is 20.4 Å². The maximum Gasteiger partial charge on any atom is 0.500 e. The monoisotopic (exact) mass is 282 g/mol. The maximum atomic E-state index is 5.66. The smallest absolute Gasteiger partial charge is 0.374 e. The molecule has 0 aliphatic carbocycles. The highest BCUT2D eigenvalue weighted by molar-refractivity contribution is 6.60. The largest absolute Gasteiger partial charge is 0.500 e. The number of alkyl halides is 1. The fourth-order valence-electron chi connectivity index (χ4n) is 1.28. The quantitative estimate of drug-likeness (QED) is 0.365. The summed E-state index contributed by atoms with van der Waals surface area (Å²) in [6.45, 7) is 13.0. The van der Waals surface area contributed by atoms with Crippen molar-refractivity contribution < 1.29 is 13.3 Å². The van der Waals surface area contributed by atoms with Crippen molar-refractivity contribution in [2.45, 2.75) is 40.2 Å². The molecule has 0 N–H and O–H groups in total. The van der Waals surface area contributed by atoms with Gasteiger partial charge in [0.15, 0.2) is 0 Å². The SMILES string of the molecule is C=CC.CCO[Si](CCCCl)(OCC)OCC. The highest BCUT2D eigenvalue weighted by atomic mass is 35.5. The molecule has 0 bridgehead atoms. The minimum atomic E-state index is -2.40. The van der Waals surface area contributed by atoms with E-state index < -0.39 is 8.80 Å². The van der Waals surface area contributed by atoms with Gasteiger partial charge in [0.05, 0.1) is 0 Å². The normalized spacial score (nSPS) is 10.6. The van der Waals surface area contributed by atoms with E-state index in [4.69, 9.17) is 24.9 Å². The number of hydrogen-bond acceptors (Lipinski definition) is 3. The van der Waals surface area contributed by atoms with Crippen LogP contribution in [0.2, 0.25) is 6.04 Å². The predicted molar refractivity (Wildman–Crippen MR) is 76.6 cm³/mol. The molecule has 0 aromatic rings. The van der Waals surface area contributed by atoms with Crippen LogP contribution < -0.4 is 0 Å². The van der Waals surface area contributed by atoms with Crippen molar-refractivity contribution in [3.63, 3.8) is 0 Å². The second-order valence-electron chi connectivity index (χ2n) is 3.18. The Balaban J connectivity index is 0. The Bertz CT molecular complexity index is 151. The molecular formula is C12H27ClO3Si. The molecule has 0 aliphatic heterocycles. The summed E-state index contributed by atoms with van der Waals surface area (Å²) in [6, 6.07) is 0.812. The summed E-state index contributed by atoms with van der Waals surface area (Å²) in [7, 11) is -2.40. The second kappa shape index (κ2) is 14.2. The van der Waals surface area contributed by atoms with E-state index in [9.17, 15) is 0 Å². The summed E-state index contributed by atoms with van der Waals surface area (Å²) < 4.78 is 16.9. The Labute approximate surface area is 112 Å². The molecule has 0 rings (SSSR count). The molecule has 0 unspecified atom stereocenters. The molecule has 0 radical (unpaired) electrons. The van der Waals surface area contributed by atoms with Crippen molar-refractivity contribution in [3.8, 4) is 0 Å². The molecule has 5 heteroatoms. The molecule has 3 nitrogen and oxygen atoms in total. The number of hydrogen-bond donors (Lipinski definition) is 0. The third-order valence-electron chi connectivity index (χ3n) is 1.71. The van der Waals surface area contributed by atoms with Gasteiger partial charge in [-0.2, -0.15) is 0 Å². The van der Waals surface area contributed by atoms with Gasteiger partial charge in [-0.3, -0.25) is 0 Å². The van der Waals surface area contributed by atoms with E-state index in [2.05, 4.69) is 6.58 Å². The molecule has 0 aromatic carbocycles. The summed E-state index contributed by atoms with van der Waals surface area (Å²) in [5.74, 6) is 0.627. The van der Waals surface area contributed by atoms with Crippen LogP contribution in [0.25, 0.3) is 0 Å². The second-order valence-corrected chi connectivity index (χ2v) is 6.29. The van der Waals surface area contributed by atoms with E-state index >= 15 is 0 Å². The standard InChI is InChI=1S/C9H21ClO3Si.C3H6/c1-4-11-14(12-5-2,13-6-3)9-7-8-10;1-3-2/h4-9H2,1-3H3;3H,1H2,2H3. The summed E-state index contributed by atoms with van der Waals surface area (Å²) in [5.41, 5.74) is 0. The van der Waals surface area contributed by atoms with Crippen LogP contribution in [0.3, 0.4) is 0 Å². The topological polar surface area (TPSA) is 27.7 Å². The molecule has 0 aromatic heterocycles. The van der Waals surface area contributed by atoms with Crippen LogP contribution in [0.5, 0.6) is 0 Å². The van der Waals surface area contributed by atoms with E-state index in [1.165, 1.54) is 0 Å². The van der Waals surface area contributed by atoms with Gasteiger partial charge >= 0.3 is 8.80 Å². The Hall–Kier alpha value is 0.127. The Kier molecular flexibility index (Phi) is 16.2. The lowest BCUT2D eigenvalue weighted by molar-refractivity contribution is 0.0712. The Morgan fingerprint density at radius 3 is 1.65 bits per heavy atom. The number of halogens is 1. The first-order chi connectivity index (χ1) is 8.16. The third kappa shape index (κ3) is 11.0. The average molecular weight is 283 g/mol. The number of allylic oxidation sites excluding steroid dienone is 1. The van der Waals surface area contributed by atoms with Crippen molar-refractivity contribution in [3.05, 3.63) is 12.7 Å². The Morgan fingerprint density at radius 1 is 1.06 bits per heavy atom. The van der Waals surface area contributed by atoms with Crippen molar-refractivity contribution in [1.29, 1.82) is 0 Å². The summed E-state index contributed by atoms with van der Waals surface area (Å²) >= 11 is 5.66. The van der Waals surface area contributed by atoms with Crippen LogP contribution in [0, 0.1) is 0 Å². The highest BCUT2D eigenvalue weighted by Crippen LogP contribution is 2.18. The lowest BCUT2D eigenvalue weighted by Crippen LogP contribution is -2.46. The first kappa shape index (κ1) is 19.5. The fraction of sp³-hybridized carbons (Fsp3) is 0.833. The van der Waals surface area contributed by atoms with Gasteiger partial charge in [-0.1, -0.05) is 6.08 Å². The van der Waals surface area contributed by atoms with Crippen molar-refractivity contribution in [2.75, 3.05) is 25.7 Å². The zero-order valence-electron chi connectivity index (χ0n) is 11.6. The third-order valence-corrected chi connectivity index (χ3v) is 5.13. The van der Waals surface area contributed by atoms with Crippen molar-refractivity contribution in [1.82, 2.24) is 0 Å². The molecule has 17 heavy (non-hydrogen) atoms. The van der Waals surface area contributed by atoms with Crippen LogP contribution in [0.4, 0.5) is 0 Å². The van der Waals surface area contributed by atoms with E-state index in [0.29, 0.717) is 25.7 Å².